The molecule has 27 heavy (non-hydrogen) atoms. The largest absolute Gasteiger partial charge is 0.346 e. The molecule has 1 amide bonds. The number of rotatable bonds is 6. The van der Waals surface area contributed by atoms with Crippen molar-refractivity contribution in [2.24, 2.45) is 0 Å². The van der Waals surface area contributed by atoms with Crippen LogP contribution in [0.4, 0.5) is 5.69 Å². The zero-order valence-electron chi connectivity index (χ0n) is 15.0. The summed E-state index contributed by atoms with van der Waals surface area (Å²) in [6, 6.07) is 19.4. The maximum absolute atomic E-state index is 12.6. The SMILES string of the molecule is C[C@H](NC(=O)c1ccc(N(C)S(=O)(=O)c2cccs2)cc1)c1ccccc1. The molecule has 1 heterocycles. The molecule has 1 atom stereocenters. The van der Waals surface area contributed by atoms with E-state index in [9.17, 15) is 13.2 Å². The van der Waals surface area contributed by atoms with E-state index in [0.717, 1.165) is 5.56 Å². The van der Waals surface area contributed by atoms with Crippen molar-refractivity contribution in [1.29, 1.82) is 0 Å². The number of thiophene rings is 1. The minimum Gasteiger partial charge on any atom is -0.346 e. The van der Waals surface area contributed by atoms with Crippen molar-refractivity contribution in [2.45, 2.75) is 17.2 Å². The van der Waals surface area contributed by atoms with Gasteiger partial charge in [0.05, 0.1) is 11.7 Å². The van der Waals surface area contributed by atoms with Crippen LogP contribution >= 0.6 is 11.3 Å². The zero-order chi connectivity index (χ0) is 19.4. The van der Waals surface area contributed by atoms with Crippen LogP contribution in [0.15, 0.2) is 76.3 Å². The van der Waals surface area contributed by atoms with Gasteiger partial charge in [0.25, 0.3) is 15.9 Å². The molecule has 0 saturated carbocycles. The number of benzene rings is 2. The van der Waals surface area contributed by atoms with Crippen LogP contribution in [0, 0.1) is 0 Å². The fourth-order valence-corrected chi connectivity index (χ4v) is 4.97. The Morgan fingerprint density at radius 1 is 1.00 bits per heavy atom. The Hall–Kier alpha value is -2.64. The number of hydrogen-bond acceptors (Lipinski definition) is 4. The van der Waals surface area contributed by atoms with Gasteiger partial charge in [-0.3, -0.25) is 9.10 Å². The van der Waals surface area contributed by atoms with Gasteiger partial charge in [0.2, 0.25) is 0 Å². The molecule has 3 aromatic rings. The summed E-state index contributed by atoms with van der Waals surface area (Å²) in [7, 11) is -2.08. The van der Waals surface area contributed by atoms with Crippen LogP contribution in [-0.2, 0) is 10.0 Å². The van der Waals surface area contributed by atoms with Crippen molar-refractivity contribution >= 4 is 33.0 Å². The van der Waals surface area contributed by atoms with Gasteiger partial charge in [-0.15, -0.1) is 11.3 Å². The number of amides is 1. The van der Waals surface area contributed by atoms with Crippen molar-refractivity contribution < 1.29 is 13.2 Å². The van der Waals surface area contributed by atoms with Crippen LogP contribution in [-0.4, -0.2) is 21.4 Å². The second-order valence-electron chi connectivity index (χ2n) is 6.06. The van der Waals surface area contributed by atoms with Gasteiger partial charge in [0, 0.05) is 12.6 Å². The van der Waals surface area contributed by atoms with E-state index in [1.807, 2.05) is 37.3 Å². The summed E-state index contributed by atoms with van der Waals surface area (Å²) in [6.07, 6.45) is 0. The molecule has 0 aliphatic carbocycles. The molecule has 0 spiro atoms. The maximum atomic E-state index is 12.6. The van der Waals surface area contributed by atoms with E-state index in [1.165, 1.54) is 22.7 Å². The first-order valence-electron chi connectivity index (χ1n) is 8.38. The Morgan fingerprint density at radius 2 is 1.67 bits per heavy atom. The highest BCUT2D eigenvalue weighted by atomic mass is 32.2. The average molecular weight is 401 g/mol. The molecule has 7 heteroatoms. The first-order chi connectivity index (χ1) is 12.9. The first kappa shape index (κ1) is 19.1. The van der Waals surface area contributed by atoms with Gasteiger partial charge in [-0.25, -0.2) is 8.42 Å². The Balaban J connectivity index is 1.72. The standard InChI is InChI=1S/C20H20N2O3S2/c1-15(16-7-4-3-5-8-16)21-20(23)17-10-12-18(13-11-17)22(2)27(24,25)19-9-6-14-26-19/h3-15H,1-2H3,(H,21,23)/t15-/m0/s1. The quantitative estimate of drug-likeness (QED) is 0.678. The number of hydrogen-bond donors (Lipinski definition) is 1. The van der Waals surface area contributed by atoms with Crippen LogP contribution in [0.25, 0.3) is 0 Å². The van der Waals surface area contributed by atoms with E-state index in [-0.39, 0.29) is 16.2 Å². The predicted octanol–water partition coefficient (Wildman–Crippen LogP) is 4.06. The van der Waals surface area contributed by atoms with Crippen molar-refractivity contribution in [2.75, 3.05) is 11.4 Å². The molecule has 0 saturated heterocycles. The van der Waals surface area contributed by atoms with E-state index in [4.69, 9.17) is 0 Å². The summed E-state index contributed by atoms with van der Waals surface area (Å²) in [5, 5.41) is 4.67. The summed E-state index contributed by atoms with van der Waals surface area (Å²) < 4.78 is 26.6. The van der Waals surface area contributed by atoms with Gasteiger partial charge >= 0.3 is 0 Å². The molecule has 5 nitrogen and oxygen atoms in total. The molecule has 1 N–H and O–H groups in total. The molecule has 0 aliphatic heterocycles. The molecular weight excluding hydrogens is 380 g/mol. The summed E-state index contributed by atoms with van der Waals surface area (Å²) in [6.45, 7) is 1.92. The molecule has 1 aromatic heterocycles. The van der Waals surface area contributed by atoms with Gasteiger partial charge in [-0.05, 0) is 48.2 Å². The monoisotopic (exact) mass is 400 g/mol. The number of nitrogens with zero attached hydrogens (tertiary/aromatic N) is 1. The van der Waals surface area contributed by atoms with E-state index >= 15 is 0 Å². The van der Waals surface area contributed by atoms with Gasteiger partial charge in [-0.1, -0.05) is 36.4 Å². The minimum absolute atomic E-state index is 0.125. The lowest BCUT2D eigenvalue weighted by atomic mass is 10.1. The Kier molecular flexibility index (Phi) is 5.62. The molecule has 0 fully saturated rings. The Bertz CT molecular complexity index is 999. The lowest BCUT2D eigenvalue weighted by Gasteiger charge is -2.19. The van der Waals surface area contributed by atoms with E-state index in [0.29, 0.717) is 11.3 Å². The summed E-state index contributed by atoms with van der Waals surface area (Å²) in [5.41, 5.74) is 1.99. The highest BCUT2D eigenvalue weighted by molar-refractivity contribution is 7.94. The van der Waals surface area contributed by atoms with Gasteiger partial charge in [0.15, 0.2) is 0 Å². The summed E-state index contributed by atoms with van der Waals surface area (Å²) in [5.74, 6) is -0.207. The van der Waals surface area contributed by atoms with Crippen molar-refractivity contribution in [1.82, 2.24) is 5.32 Å². The van der Waals surface area contributed by atoms with Crippen molar-refractivity contribution in [3.05, 3.63) is 83.2 Å². The van der Waals surface area contributed by atoms with Crippen LogP contribution in [0.1, 0.15) is 28.9 Å². The van der Waals surface area contributed by atoms with Crippen LogP contribution in [0.2, 0.25) is 0 Å². The van der Waals surface area contributed by atoms with Crippen molar-refractivity contribution in [3.63, 3.8) is 0 Å². The average Bonchev–Trinajstić information content (AvgIpc) is 3.24. The molecule has 0 unspecified atom stereocenters. The molecule has 0 bridgehead atoms. The summed E-state index contributed by atoms with van der Waals surface area (Å²) in [4.78, 5) is 12.5. The van der Waals surface area contributed by atoms with E-state index in [2.05, 4.69) is 5.32 Å². The molecule has 0 radical (unpaired) electrons. The van der Waals surface area contributed by atoms with Gasteiger partial charge in [-0.2, -0.15) is 0 Å². The van der Waals surface area contributed by atoms with Gasteiger partial charge in [0.1, 0.15) is 4.21 Å². The second-order valence-corrected chi connectivity index (χ2v) is 9.20. The minimum atomic E-state index is -3.59. The number of nitrogens with one attached hydrogen (secondary N) is 1. The normalized spacial score (nSPS) is 12.4. The maximum Gasteiger partial charge on any atom is 0.273 e. The van der Waals surface area contributed by atoms with E-state index < -0.39 is 10.0 Å². The fourth-order valence-electron chi connectivity index (χ4n) is 2.61. The molecule has 140 valence electrons. The van der Waals surface area contributed by atoms with Crippen molar-refractivity contribution in [3.8, 4) is 0 Å². The van der Waals surface area contributed by atoms with E-state index in [1.54, 1.807) is 41.8 Å². The number of carbonyl (C=O) groups excluding carboxylic acids is 1. The topological polar surface area (TPSA) is 66.5 Å². The smallest absolute Gasteiger partial charge is 0.273 e. The third-order valence-corrected chi connectivity index (χ3v) is 7.41. The second kappa shape index (κ2) is 7.94. The van der Waals surface area contributed by atoms with Crippen LogP contribution in [0.5, 0.6) is 0 Å². The third kappa shape index (κ3) is 4.20. The lowest BCUT2D eigenvalue weighted by Crippen LogP contribution is -2.27. The van der Waals surface area contributed by atoms with Gasteiger partial charge < -0.3 is 5.32 Å². The molecule has 0 aliphatic rings. The van der Waals surface area contributed by atoms with Crippen LogP contribution < -0.4 is 9.62 Å². The number of anilines is 1. The Morgan fingerprint density at radius 3 is 2.26 bits per heavy atom. The number of carbonyl (C=O) groups is 1. The predicted molar refractivity (Wildman–Crippen MR) is 109 cm³/mol. The lowest BCUT2D eigenvalue weighted by molar-refractivity contribution is 0.0940. The third-order valence-electron chi connectivity index (χ3n) is 4.25. The van der Waals surface area contributed by atoms with Crippen LogP contribution in [0.3, 0.4) is 0 Å². The Labute approximate surface area is 163 Å². The highest BCUT2D eigenvalue weighted by Gasteiger charge is 2.22. The molecular formula is C20H20N2O3S2. The fraction of sp³-hybridized carbons (Fsp3) is 0.150. The first-order valence-corrected chi connectivity index (χ1v) is 10.7. The zero-order valence-corrected chi connectivity index (χ0v) is 16.6. The summed E-state index contributed by atoms with van der Waals surface area (Å²) >= 11 is 1.17. The molecule has 3 rings (SSSR count). The number of sulfonamides is 1. The molecule has 2 aromatic carbocycles. The highest BCUT2D eigenvalue weighted by Crippen LogP contribution is 2.25.